The Morgan fingerprint density at radius 1 is 1.05 bits per heavy atom. The van der Waals surface area contributed by atoms with E-state index in [1.54, 1.807) is 24.3 Å². The topological polar surface area (TPSA) is 84.3 Å². The van der Waals surface area contributed by atoms with E-state index in [9.17, 15) is 14.9 Å². The van der Waals surface area contributed by atoms with Crippen molar-refractivity contribution in [2.75, 3.05) is 5.43 Å². The van der Waals surface area contributed by atoms with Crippen LogP contribution in [0.1, 0.15) is 10.4 Å². The van der Waals surface area contributed by atoms with Gasteiger partial charge in [0.1, 0.15) is 0 Å². The molecular weight excluding hydrogens is 326 g/mol. The second-order valence-corrected chi connectivity index (χ2v) is 4.81. The molecule has 2 aromatic rings. The number of anilines is 1. The van der Waals surface area contributed by atoms with Crippen molar-refractivity contribution in [3.63, 3.8) is 0 Å². The van der Waals surface area contributed by atoms with E-state index >= 15 is 0 Å². The summed E-state index contributed by atoms with van der Waals surface area (Å²) in [6.07, 6.45) is 0. The highest BCUT2D eigenvalue weighted by atomic mass is 79.9. The van der Waals surface area contributed by atoms with E-state index in [1.165, 1.54) is 24.3 Å². The Balaban J connectivity index is 1.96. The molecule has 0 aliphatic rings. The van der Waals surface area contributed by atoms with Crippen molar-refractivity contribution in [2.24, 2.45) is 0 Å². The van der Waals surface area contributed by atoms with Gasteiger partial charge < -0.3 is 0 Å². The number of nitro benzene ring substituents is 1. The molecule has 0 aromatic heterocycles. The van der Waals surface area contributed by atoms with Crippen LogP contribution in [0.3, 0.4) is 0 Å². The molecular formula is C13H10BrN3O3. The second kappa shape index (κ2) is 6.16. The molecule has 0 heterocycles. The number of nitrogens with one attached hydrogen (secondary N) is 2. The molecule has 0 aliphatic carbocycles. The SMILES string of the molecule is O=C(NNc1ccc([N+](=O)[O-])cc1)c1ccc(Br)cc1. The van der Waals surface area contributed by atoms with Crippen LogP contribution in [0.25, 0.3) is 0 Å². The first kappa shape index (κ1) is 14.0. The van der Waals surface area contributed by atoms with Gasteiger partial charge in [-0.05, 0) is 36.4 Å². The normalized spacial score (nSPS) is 9.85. The lowest BCUT2D eigenvalue weighted by molar-refractivity contribution is -0.384. The standard InChI is InChI=1S/C13H10BrN3O3/c14-10-3-1-9(2-4-10)13(18)16-15-11-5-7-12(8-6-11)17(19)20/h1-8,15H,(H,16,18). The van der Waals surface area contributed by atoms with Crippen molar-refractivity contribution in [1.82, 2.24) is 5.43 Å². The summed E-state index contributed by atoms with van der Waals surface area (Å²) in [5.74, 6) is -0.296. The van der Waals surface area contributed by atoms with E-state index < -0.39 is 4.92 Å². The smallest absolute Gasteiger partial charge is 0.269 e. The molecule has 0 spiro atoms. The number of nitro groups is 1. The van der Waals surface area contributed by atoms with Crippen LogP contribution in [-0.2, 0) is 0 Å². The van der Waals surface area contributed by atoms with E-state index in [-0.39, 0.29) is 11.6 Å². The summed E-state index contributed by atoms with van der Waals surface area (Å²) in [7, 11) is 0. The summed E-state index contributed by atoms with van der Waals surface area (Å²) in [6, 6.07) is 12.6. The molecule has 0 aliphatic heterocycles. The van der Waals surface area contributed by atoms with Crippen LogP contribution < -0.4 is 10.9 Å². The number of hydrazine groups is 1. The molecule has 0 saturated carbocycles. The minimum atomic E-state index is -0.482. The summed E-state index contributed by atoms with van der Waals surface area (Å²) in [4.78, 5) is 21.8. The average Bonchev–Trinajstić information content (AvgIpc) is 2.46. The van der Waals surface area contributed by atoms with Crippen LogP contribution in [0.5, 0.6) is 0 Å². The first-order valence-corrected chi connectivity index (χ1v) is 6.42. The van der Waals surface area contributed by atoms with Crippen LogP contribution in [0.4, 0.5) is 11.4 Å². The fourth-order valence-electron chi connectivity index (χ4n) is 1.47. The first-order valence-electron chi connectivity index (χ1n) is 5.62. The van der Waals surface area contributed by atoms with Gasteiger partial charge in [0.05, 0.1) is 10.6 Å². The number of rotatable bonds is 4. The van der Waals surface area contributed by atoms with Gasteiger partial charge in [-0.1, -0.05) is 15.9 Å². The highest BCUT2D eigenvalue weighted by molar-refractivity contribution is 9.10. The van der Waals surface area contributed by atoms with Crippen molar-refractivity contribution in [3.05, 3.63) is 68.7 Å². The number of amides is 1. The van der Waals surface area contributed by atoms with Gasteiger partial charge in [0, 0.05) is 22.2 Å². The Morgan fingerprint density at radius 3 is 2.20 bits per heavy atom. The summed E-state index contributed by atoms with van der Waals surface area (Å²) in [5, 5.41) is 10.5. The van der Waals surface area contributed by atoms with E-state index in [0.29, 0.717) is 11.3 Å². The van der Waals surface area contributed by atoms with Gasteiger partial charge in [-0.15, -0.1) is 0 Å². The molecule has 0 unspecified atom stereocenters. The molecule has 0 fully saturated rings. The molecule has 0 radical (unpaired) electrons. The molecule has 7 heteroatoms. The molecule has 1 amide bonds. The van der Waals surface area contributed by atoms with Crippen molar-refractivity contribution < 1.29 is 9.72 Å². The summed E-state index contributed by atoms with van der Waals surface area (Å²) < 4.78 is 0.886. The number of halogens is 1. The van der Waals surface area contributed by atoms with Crippen molar-refractivity contribution >= 4 is 33.2 Å². The lowest BCUT2D eigenvalue weighted by Gasteiger charge is -2.08. The third-order valence-electron chi connectivity index (χ3n) is 2.50. The molecule has 0 bridgehead atoms. The van der Waals surface area contributed by atoms with Crippen LogP contribution in [0.2, 0.25) is 0 Å². The molecule has 2 aromatic carbocycles. The Hall–Kier alpha value is -2.41. The third kappa shape index (κ3) is 3.55. The van der Waals surface area contributed by atoms with Gasteiger partial charge in [-0.2, -0.15) is 0 Å². The van der Waals surface area contributed by atoms with Crippen molar-refractivity contribution in [2.45, 2.75) is 0 Å². The maximum atomic E-state index is 11.8. The summed E-state index contributed by atoms with van der Waals surface area (Å²) >= 11 is 3.29. The van der Waals surface area contributed by atoms with E-state index in [0.717, 1.165) is 4.47 Å². The van der Waals surface area contributed by atoms with Gasteiger partial charge >= 0.3 is 0 Å². The van der Waals surface area contributed by atoms with E-state index in [2.05, 4.69) is 26.8 Å². The number of hydrogen-bond acceptors (Lipinski definition) is 4. The lowest BCUT2D eigenvalue weighted by Crippen LogP contribution is -2.29. The highest BCUT2D eigenvalue weighted by Crippen LogP contribution is 2.15. The number of nitrogens with zero attached hydrogens (tertiary/aromatic N) is 1. The monoisotopic (exact) mass is 335 g/mol. The van der Waals surface area contributed by atoms with Crippen molar-refractivity contribution in [3.8, 4) is 0 Å². The first-order chi connectivity index (χ1) is 9.56. The fourth-order valence-corrected chi connectivity index (χ4v) is 1.73. The average molecular weight is 336 g/mol. The zero-order valence-corrected chi connectivity index (χ0v) is 11.8. The van der Waals surface area contributed by atoms with Gasteiger partial charge in [0.15, 0.2) is 0 Å². The Bertz CT molecular complexity index is 626. The molecule has 0 atom stereocenters. The van der Waals surface area contributed by atoms with Crippen molar-refractivity contribution in [1.29, 1.82) is 0 Å². The van der Waals surface area contributed by atoms with Gasteiger partial charge in [-0.3, -0.25) is 25.8 Å². The van der Waals surface area contributed by atoms with E-state index in [4.69, 9.17) is 0 Å². The number of carbonyl (C=O) groups excluding carboxylic acids is 1. The molecule has 102 valence electrons. The molecule has 2 N–H and O–H groups in total. The molecule has 2 rings (SSSR count). The Labute approximate surface area is 123 Å². The zero-order valence-electron chi connectivity index (χ0n) is 10.2. The molecule has 0 saturated heterocycles. The fraction of sp³-hybridized carbons (Fsp3) is 0. The van der Waals surface area contributed by atoms with Gasteiger partial charge in [-0.25, -0.2) is 0 Å². The number of hydrogen-bond donors (Lipinski definition) is 2. The van der Waals surface area contributed by atoms with Crippen LogP contribution in [-0.4, -0.2) is 10.8 Å². The van der Waals surface area contributed by atoms with Gasteiger partial charge in [0.25, 0.3) is 11.6 Å². The second-order valence-electron chi connectivity index (χ2n) is 3.89. The zero-order chi connectivity index (χ0) is 14.5. The minimum Gasteiger partial charge on any atom is -0.298 e. The van der Waals surface area contributed by atoms with Crippen LogP contribution >= 0.6 is 15.9 Å². The maximum Gasteiger partial charge on any atom is 0.269 e. The molecule has 6 nitrogen and oxygen atoms in total. The van der Waals surface area contributed by atoms with E-state index in [1.807, 2.05) is 0 Å². The highest BCUT2D eigenvalue weighted by Gasteiger charge is 2.06. The predicted molar refractivity (Wildman–Crippen MR) is 78.3 cm³/mol. The Kier molecular flexibility index (Phi) is 4.31. The lowest BCUT2D eigenvalue weighted by atomic mass is 10.2. The largest absolute Gasteiger partial charge is 0.298 e. The Morgan fingerprint density at radius 2 is 1.65 bits per heavy atom. The third-order valence-corrected chi connectivity index (χ3v) is 3.03. The van der Waals surface area contributed by atoms with Crippen LogP contribution in [0, 0.1) is 10.1 Å². The van der Waals surface area contributed by atoms with Crippen LogP contribution in [0.15, 0.2) is 53.0 Å². The maximum absolute atomic E-state index is 11.8. The predicted octanol–water partition coefficient (Wildman–Crippen LogP) is 3.11. The minimum absolute atomic E-state index is 0.00483. The summed E-state index contributed by atoms with van der Waals surface area (Å²) in [5.41, 5.74) is 6.25. The number of non-ortho nitro benzene ring substituents is 1. The number of benzene rings is 2. The summed E-state index contributed by atoms with van der Waals surface area (Å²) in [6.45, 7) is 0. The van der Waals surface area contributed by atoms with Gasteiger partial charge in [0.2, 0.25) is 0 Å². The number of carbonyl (C=O) groups is 1. The quantitative estimate of drug-likeness (QED) is 0.664. The molecule has 20 heavy (non-hydrogen) atoms.